The lowest BCUT2D eigenvalue weighted by Crippen LogP contribution is -2.30. The molecule has 28 heavy (non-hydrogen) atoms. The number of rotatable bonds is 1. The maximum atomic E-state index is 9.17. The number of benzene rings is 1. The summed E-state index contributed by atoms with van der Waals surface area (Å²) < 4.78 is 6.26. The third-order valence-corrected chi connectivity index (χ3v) is 6.53. The normalized spacial score (nSPS) is 26.3. The van der Waals surface area contributed by atoms with Gasteiger partial charge in [-0.3, -0.25) is 0 Å². The van der Waals surface area contributed by atoms with Gasteiger partial charge >= 0.3 is 0 Å². The average molecular weight is 366 g/mol. The van der Waals surface area contributed by atoms with Crippen molar-refractivity contribution in [1.82, 2.24) is 4.98 Å². The van der Waals surface area contributed by atoms with E-state index in [1.54, 1.807) is 6.07 Å². The minimum absolute atomic E-state index is 0.289. The topological polar surface area (TPSA) is 49.8 Å². The summed E-state index contributed by atoms with van der Waals surface area (Å²) in [7, 11) is 0. The van der Waals surface area contributed by atoms with Crippen LogP contribution in [0.15, 0.2) is 64.6 Å². The fraction of sp³-hybridized carbons (Fsp3) is 0.280. The molecule has 2 aliphatic rings. The summed E-state index contributed by atoms with van der Waals surface area (Å²) in [5, 5.41) is 11.2. The molecule has 5 rings (SSSR count). The predicted octanol–water partition coefficient (Wildman–Crippen LogP) is 6.20. The van der Waals surface area contributed by atoms with Gasteiger partial charge < -0.3 is 4.42 Å². The molecule has 0 radical (unpaired) electrons. The molecule has 0 bridgehead atoms. The number of hydrogen-bond donors (Lipinski definition) is 0. The van der Waals surface area contributed by atoms with Crippen LogP contribution in [0.1, 0.15) is 36.6 Å². The van der Waals surface area contributed by atoms with E-state index in [4.69, 9.17) is 4.42 Å². The molecule has 2 aliphatic carbocycles. The number of pyridine rings is 1. The molecule has 0 N–H and O–H groups in total. The molecule has 0 saturated carbocycles. The zero-order valence-corrected chi connectivity index (χ0v) is 16.3. The van der Waals surface area contributed by atoms with E-state index in [1.807, 2.05) is 6.07 Å². The minimum Gasteiger partial charge on any atom is -0.437 e. The van der Waals surface area contributed by atoms with Crippen LogP contribution in [0.25, 0.3) is 22.1 Å². The third kappa shape index (κ3) is 2.38. The van der Waals surface area contributed by atoms with Crippen LogP contribution in [0.2, 0.25) is 0 Å². The van der Waals surface area contributed by atoms with Gasteiger partial charge in [-0.1, -0.05) is 55.0 Å². The number of nitriles is 1. The van der Waals surface area contributed by atoms with Crippen LogP contribution >= 0.6 is 0 Å². The Morgan fingerprint density at radius 2 is 1.79 bits per heavy atom. The summed E-state index contributed by atoms with van der Waals surface area (Å²) in [6.45, 7) is 6.76. The SMILES string of the molecule is CC1=CC(c2c(C)ccc3c2oc2nc(C#N)ccc23)C(C)C2C=CC=CC12. The van der Waals surface area contributed by atoms with Crippen LogP contribution in [0.4, 0.5) is 0 Å². The van der Waals surface area contributed by atoms with Crippen LogP contribution in [-0.2, 0) is 0 Å². The molecule has 3 nitrogen and oxygen atoms in total. The van der Waals surface area contributed by atoms with Crippen molar-refractivity contribution in [3.8, 4) is 6.07 Å². The first kappa shape index (κ1) is 17.0. The van der Waals surface area contributed by atoms with Crippen molar-refractivity contribution < 1.29 is 4.42 Å². The number of aromatic nitrogens is 1. The lowest BCUT2D eigenvalue weighted by atomic mass is 9.64. The molecule has 1 aromatic carbocycles. The van der Waals surface area contributed by atoms with E-state index in [0.717, 1.165) is 16.4 Å². The molecule has 3 heteroatoms. The van der Waals surface area contributed by atoms with Gasteiger partial charge in [0.05, 0.1) is 0 Å². The molecular weight excluding hydrogens is 344 g/mol. The Kier molecular flexibility index (Phi) is 3.77. The zero-order chi connectivity index (χ0) is 19.4. The summed E-state index contributed by atoms with van der Waals surface area (Å²) in [4.78, 5) is 4.38. The zero-order valence-electron chi connectivity index (χ0n) is 16.3. The summed E-state index contributed by atoms with van der Waals surface area (Å²) in [5.41, 5.74) is 5.75. The second-order valence-corrected chi connectivity index (χ2v) is 8.10. The monoisotopic (exact) mass is 366 g/mol. The van der Waals surface area contributed by atoms with Gasteiger partial charge in [0.15, 0.2) is 0 Å². The second kappa shape index (κ2) is 6.21. The highest BCUT2D eigenvalue weighted by atomic mass is 16.3. The standard InChI is InChI=1S/C25H22N2O/c1-14-8-10-20-21-11-9-17(13-26)27-25(21)28-24(20)23(14)22-12-15(2)18-6-4-5-7-19(18)16(22)3/h4-12,16,18-19,22H,1-3H3. The first-order valence-corrected chi connectivity index (χ1v) is 9.84. The van der Waals surface area contributed by atoms with Crippen molar-refractivity contribution in [3.63, 3.8) is 0 Å². The Labute approximate surface area is 164 Å². The van der Waals surface area contributed by atoms with Crippen molar-refractivity contribution in [2.24, 2.45) is 17.8 Å². The maximum Gasteiger partial charge on any atom is 0.228 e. The summed E-state index contributed by atoms with van der Waals surface area (Å²) in [6.07, 6.45) is 11.4. The van der Waals surface area contributed by atoms with Crippen LogP contribution in [0.3, 0.4) is 0 Å². The Balaban J connectivity index is 1.75. The summed E-state index contributed by atoms with van der Waals surface area (Å²) in [6, 6.07) is 10.1. The van der Waals surface area contributed by atoms with Crippen molar-refractivity contribution in [1.29, 1.82) is 5.26 Å². The van der Waals surface area contributed by atoms with Gasteiger partial charge in [-0.25, -0.2) is 4.98 Å². The Bertz CT molecular complexity index is 1230. The Morgan fingerprint density at radius 3 is 2.61 bits per heavy atom. The molecule has 138 valence electrons. The first-order chi connectivity index (χ1) is 13.6. The van der Waals surface area contributed by atoms with E-state index in [0.29, 0.717) is 29.2 Å². The van der Waals surface area contributed by atoms with Crippen LogP contribution in [0, 0.1) is 36.0 Å². The van der Waals surface area contributed by atoms with Crippen molar-refractivity contribution in [3.05, 3.63) is 77.0 Å². The van der Waals surface area contributed by atoms with Crippen molar-refractivity contribution in [2.45, 2.75) is 26.7 Å². The quantitative estimate of drug-likeness (QED) is 0.482. The molecule has 2 aromatic heterocycles. The van der Waals surface area contributed by atoms with E-state index < -0.39 is 0 Å². The van der Waals surface area contributed by atoms with Gasteiger partial charge in [-0.05, 0) is 43.4 Å². The number of furan rings is 1. The van der Waals surface area contributed by atoms with E-state index in [9.17, 15) is 5.26 Å². The van der Waals surface area contributed by atoms with E-state index in [2.05, 4.69) is 74.3 Å². The maximum absolute atomic E-state index is 9.17. The second-order valence-electron chi connectivity index (χ2n) is 8.10. The van der Waals surface area contributed by atoms with Crippen LogP contribution in [0.5, 0.6) is 0 Å². The van der Waals surface area contributed by atoms with Gasteiger partial charge in [-0.15, -0.1) is 0 Å². The molecule has 0 aliphatic heterocycles. The smallest absolute Gasteiger partial charge is 0.228 e. The number of allylic oxidation sites excluding steroid dienone is 6. The predicted molar refractivity (Wildman–Crippen MR) is 112 cm³/mol. The lowest BCUT2D eigenvalue weighted by Gasteiger charge is -2.39. The molecular formula is C25H22N2O. The average Bonchev–Trinajstić information content (AvgIpc) is 3.08. The number of aryl methyl sites for hydroxylation is 1. The highest BCUT2D eigenvalue weighted by Gasteiger charge is 2.36. The molecule has 4 atom stereocenters. The highest BCUT2D eigenvalue weighted by Crippen LogP contribution is 2.48. The molecule has 4 unspecified atom stereocenters. The third-order valence-electron chi connectivity index (χ3n) is 6.53. The number of nitrogens with zero attached hydrogens (tertiary/aromatic N) is 2. The van der Waals surface area contributed by atoms with Crippen LogP contribution < -0.4 is 0 Å². The van der Waals surface area contributed by atoms with Gasteiger partial charge in [0.2, 0.25) is 5.71 Å². The summed E-state index contributed by atoms with van der Waals surface area (Å²) in [5.74, 6) is 1.75. The molecule has 0 saturated heterocycles. The summed E-state index contributed by atoms with van der Waals surface area (Å²) >= 11 is 0. The van der Waals surface area contributed by atoms with Gasteiger partial charge in [0.25, 0.3) is 0 Å². The first-order valence-electron chi connectivity index (χ1n) is 9.84. The minimum atomic E-state index is 0.289. The van der Waals surface area contributed by atoms with Crippen LogP contribution in [-0.4, -0.2) is 4.98 Å². The molecule has 0 fully saturated rings. The molecule has 2 heterocycles. The van der Waals surface area contributed by atoms with E-state index >= 15 is 0 Å². The fourth-order valence-corrected chi connectivity index (χ4v) is 5.03. The molecule has 0 amide bonds. The Morgan fingerprint density at radius 1 is 1.00 bits per heavy atom. The van der Waals surface area contributed by atoms with Crippen molar-refractivity contribution >= 4 is 22.1 Å². The Hall–Kier alpha value is -3.12. The van der Waals surface area contributed by atoms with E-state index in [-0.39, 0.29) is 5.92 Å². The van der Waals surface area contributed by atoms with Crippen molar-refractivity contribution in [2.75, 3.05) is 0 Å². The fourth-order valence-electron chi connectivity index (χ4n) is 5.03. The van der Waals surface area contributed by atoms with Gasteiger partial charge in [0, 0.05) is 28.2 Å². The van der Waals surface area contributed by atoms with E-state index in [1.165, 1.54) is 16.7 Å². The highest BCUT2D eigenvalue weighted by molar-refractivity contribution is 6.05. The lowest BCUT2D eigenvalue weighted by molar-refractivity contribution is 0.317. The largest absolute Gasteiger partial charge is 0.437 e. The number of fused-ring (bicyclic) bond motifs is 4. The number of hydrogen-bond acceptors (Lipinski definition) is 3. The van der Waals surface area contributed by atoms with Gasteiger partial charge in [-0.2, -0.15) is 5.26 Å². The van der Waals surface area contributed by atoms with Gasteiger partial charge in [0.1, 0.15) is 17.3 Å². The molecule has 0 spiro atoms. The molecule has 3 aromatic rings.